The van der Waals surface area contributed by atoms with Crippen molar-refractivity contribution in [3.63, 3.8) is 0 Å². The second-order valence-electron chi connectivity index (χ2n) is 4.71. The maximum Gasteiger partial charge on any atom is 0.251 e. The molecule has 1 amide bonds. The average molecular weight is 267 g/mol. The summed E-state index contributed by atoms with van der Waals surface area (Å²) >= 11 is 0. The van der Waals surface area contributed by atoms with Gasteiger partial charge in [0.05, 0.1) is 25.4 Å². The number of nitrogens with one attached hydrogen (secondary N) is 1. The molecule has 0 saturated heterocycles. The zero-order valence-corrected chi connectivity index (χ0v) is 11.3. The van der Waals surface area contributed by atoms with Crippen molar-refractivity contribution in [1.29, 1.82) is 0 Å². The number of aliphatic hydroxyl groups excluding tert-OH is 2. The lowest BCUT2D eigenvalue weighted by molar-refractivity contribution is 0.0723. The van der Waals surface area contributed by atoms with E-state index in [1.165, 1.54) is 0 Å². The molecule has 19 heavy (non-hydrogen) atoms. The van der Waals surface area contributed by atoms with Crippen molar-refractivity contribution in [1.82, 2.24) is 5.32 Å². The first-order chi connectivity index (χ1) is 9.04. The summed E-state index contributed by atoms with van der Waals surface area (Å²) in [7, 11) is 0. The summed E-state index contributed by atoms with van der Waals surface area (Å²) in [6.45, 7) is 3.51. The zero-order valence-electron chi connectivity index (χ0n) is 11.3. The summed E-state index contributed by atoms with van der Waals surface area (Å²) in [5.74, 6) is 0.275. The van der Waals surface area contributed by atoms with Crippen LogP contribution >= 0.6 is 0 Å². The first-order valence-corrected chi connectivity index (χ1v) is 6.31. The number of benzene rings is 1. The first kappa shape index (κ1) is 15.5. The predicted molar refractivity (Wildman–Crippen MR) is 72.3 cm³/mol. The Bertz CT molecular complexity index is 416. The minimum Gasteiger partial charge on any atom is -0.494 e. The van der Waals surface area contributed by atoms with Crippen LogP contribution in [0.2, 0.25) is 0 Å². The van der Waals surface area contributed by atoms with E-state index in [9.17, 15) is 4.79 Å². The van der Waals surface area contributed by atoms with Crippen molar-refractivity contribution >= 4 is 5.91 Å². The van der Waals surface area contributed by atoms with E-state index in [4.69, 9.17) is 14.9 Å². The van der Waals surface area contributed by atoms with Crippen LogP contribution in [-0.4, -0.2) is 41.5 Å². The zero-order chi connectivity index (χ0) is 14.3. The Hall–Kier alpha value is -1.59. The highest BCUT2D eigenvalue weighted by Gasteiger charge is 2.25. The van der Waals surface area contributed by atoms with E-state index in [-0.39, 0.29) is 19.1 Å². The Kier molecular flexibility index (Phi) is 5.79. The predicted octanol–water partition coefficient (Wildman–Crippen LogP) is 0.949. The Morgan fingerprint density at radius 3 is 2.63 bits per heavy atom. The number of amides is 1. The second-order valence-corrected chi connectivity index (χ2v) is 4.71. The summed E-state index contributed by atoms with van der Waals surface area (Å²) in [6, 6.07) is 6.81. The fourth-order valence-electron chi connectivity index (χ4n) is 1.42. The van der Waals surface area contributed by atoms with E-state index in [2.05, 4.69) is 5.32 Å². The molecule has 3 N–H and O–H groups in total. The molecule has 0 bridgehead atoms. The molecule has 106 valence electrons. The lowest BCUT2D eigenvalue weighted by atomic mass is 10.0. The van der Waals surface area contributed by atoms with Gasteiger partial charge >= 0.3 is 0 Å². The highest BCUT2D eigenvalue weighted by Crippen LogP contribution is 2.14. The quantitative estimate of drug-likeness (QED) is 0.687. The Labute approximate surface area is 113 Å². The molecule has 0 spiro atoms. The van der Waals surface area contributed by atoms with Crippen molar-refractivity contribution in [3.05, 3.63) is 29.8 Å². The third-order valence-electron chi connectivity index (χ3n) is 2.68. The number of carbonyl (C=O) groups excluding carboxylic acids is 1. The summed E-state index contributed by atoms with van der Waals surface area (Å²) in [5.41, 5.74) is -0.598. The standard InChI is InChI=1S/C14H21NO4/c1-3-7-19-12-6-4-5-11(8-12)13(18)15-14(2,9-16)10-17/h4-6,8,16-17H,3,7,9-10H2,1-2H3,(H,15,18). The van der Waals surface area contributed by atoms with Crippen molar-refractivity contribution in [2.24, 2.45) is 0 Å². The highest BCUT2D eigenvalue weighted by molar-refractivity contribution is 5.95. The van der Waals surface area contributed by atoms with E-state index in [1.54, 1.807) is 31.2 Å². The minimum atomic E-state index is -1.03. The van der Waals surface area contributed by atoms with Crippen molar-refractivity contribution in [3.8, 4) is 5.75 Å². The van der Waals surface area contributed by atoms with Crippen LogP contribution in [0.4, 0.5) is 0 Å². The van der Waals surface area contributed by atoms with E-state index >= 15 is 0 Å². The fourth-order valence-corrected chi connectivity index (χ4v) is 1.42. The number of carbonyl (C=O) groups is 1. The van der Waals surface area contributed by atoms with Crippen LogP contribution in [0.1, 0.15) is 30.6 Å². The van der Waals surface area contributed by atoms with Gasteiger partial charge in [-0.05, 0) is 31.5 Å². The van der Waals surface area contributed by atoms with E-state index < -0.39 is 5.54 Å². The molecule has 0 fully saturated rings. The highest BCUT2D eigenvalue weighted by atomic mass is 16.5. The molecule has 1 aromatic rings. The first-order valence-electron chi connectivity index (χ1n) is 6.31. The van der Waals surface area contributed by atoms with Gasteiger partial charge in [0.25, 0.3) is 5.91 Å². The molecule has 0 aliphatic rings. The number of aliphatic hydroxyl groups is 2. The lowest BCUT2D eigenvalue weighted by Gasteiger charge is -2.26. The van der Waals surface area contributed by atoms with Gasteiger partial charge in [-0.15, -0.1) is 0 Å². The SMILES string of the molecule is CCCOc1cccc(C(=O)NC(C)(CO)CO)c1. The van der Waals surface area contributed by atoms with E-state index in [0.717, 1.165) is 6.42 Å². The maximum absolute atomic E-state index is 12.0. The van der Waals surface area contributed by atoms with Gasteiger partial charge in [0.1, 0.15) is 5.75 Å². The second kappa shape index (κ2) is 7.11. The van der Waals surface area contributed by atoms with Crippen molar-refractivity contribution in [2.45, 2.75) is 25.8 Å². The topological polar surface area (TPSA) is 78.8 Å². The monoisotopic (exact) mass is 267 g/mol. The lowest BCUT2D eigenvalue weighted by Crippen LogP contribution is -2.51. The summed E-state index contributed by atoms with van der Waals surface area (Å²) in [5, 5.41) is 20.9. The molecule has 0 heterocycles. The van der Waals surface area contributed by atoms with Gasteiger partial charge in [0, 0.05) is 5.56 Å². The molecule has 1 aromatic carbocycles. The third-order valence-corrected chi connectivity index (χ3v) is 2.68. The smallest absolute Gasteiger partial charge is 0.251 e. The van der Waals surface area contributed by atoms with Crippen LogP contribution in [0.15, 0.2) is 24.3 Å². The Morgan fingerprint density at radius 2 is 2.05 bits per heavy atom. The number of hydrogen-bond donors (Lipinski definition) is 3. The molecule has 5 heteroatoms. The van der Waals surface area contributed by atoms with Gasteiger partial charge in [0.15, 0.2) is 0 Å². The van der Waals surface area contributed by atoms with Crippen LogP contribution in [0.25, 0.3) is 0 Å². The van der Waals surface area contributed by atoms with Gasteiger partial charge in [-0.25, -0.2) is 0 Å². The molecule has 0 atom stereocenters. The molecule has 1 rings (SSSR count). The molecular formula is C14H21NO4. The summed E-state index contributed by atoms with van der Waals surface area (Å²) < 4.78 is 5.45. The van der Waals surface area contributed by atoms with Crippen LogP contribution in [0.5, 0.6) is 5.75 Å². The van der Waals surface area contributed by atoms with E-state index in [0.29, 0.717) is 17.9 Å². The normalized spacial score (nSPS) is 11.2. The van der Waals surface area contributed by atoms with Crippen molar-refractivity contribution in [2.75, 3.05) is 19.8 Å². The average Bonchev–Trinajstić information content (AvgIpc) is 2.45. The molecule has 5 nitrogen and oxygen atoms in total. The van der Waals surface area contributed by atoms with Crippen molar-refractivity contribution < 1.29 is 19.7 Å². The Morgan fingerprint density at radius 1 is 1.37 bits per heavy atom. The maximum atomic E-state index is 12.0. The number of hydrogen-bond acceptors (Lipinski definition) is 4. The van der Waals surface area contributed by atoms with Gasteiger partial charge in [-0.2, -0.15) is 0 Å². The van der Waals surface area contributed by atoms with Crippen LogP contribution in [-0.2, 0) is 0 Å². The third kappa shape index (κ3) is 4.54. The van der Waals surface area contributed by atoms with Crippen LogP contribution in [0, 0.1) is 0 Å². The number of rotatable bonds is 7. The van der Waals surface area contributed by atoms with Gasteiger partial charge < -0.3 is 20.3 Å². The van der Waals surface area contributed by atoms with Gasteiger partial charge in [-0.3, -0.25) is 4.79 Å². The minimum absolute atomic E-state index is 0.332. The molecule has 0 radical (unpaired) electrons. The fraction of sp³-hybridized carbons (Fsp3) is 0.500. The summed E-state index contributed by atoms with van der Waals surface area (Å²) in [4.78, 5) is 12.0. The van der Waals surface area contributed by atoms with Gasteiger partial charge in [0.2, 0.25) is 0 Å². The molecule has 0 aliphatic heterocycles. The van der Waals surface area contributed by atoms with Crippen LogP contribution in [0.3, 0.4) is 0 Å². The molecule has 0 aromatic heterocycles. The number of ether oxygens (including phenoxy) is 1. The van der Waals surface area contributed by atoms with Crippen LogP contribution < -0.4 is 10.1 Å². The molecular weight excluding hydrogens is 246 g/mol. The molecule has 0 saturated carbocycles. The molecule has 0 unspecified atom stereocenters. The summed E-state index contributed by atoms with van der Waals surface area (Å²) in [6.07, 6.45) is 0.892. The largest absolute Gasteiger partial charge is 0.494 e. The molecule has 0 aliphatic carbocycles. The Balaban J connectivity index is 2.76. The van der Waals surface area contributed by atoms with E-state index in [1.807, 2.05) is 6.92 Å². The van der Waals surface area contributed by atoms with Gasteiger partial charge in [-0.1, -0.05) is 13.0 Å².